The summed E-state index contributed by atoms with van der Waals surface area (Å²) < 4.78 is 12.6. The van der Waals surface area contributed by atoms with Crippen LogP contribution in [-0.2, 0) is 9.53 Å². The average molecular weight is 596 g/mol. The molecule has 2 amide bonds. The van der Waals surface area contributed by atoms with E-state index >= 15 is 0 Å². The van der Waals surface area contributed by atoms with E-state index in [2.05, 4.69) is 32.1 Å². The number of anilines is 1. The number of halogens is 1. The van der Waals surface area contributed by atoms with Crippen LogP contribution in [0, 0.1) is 17.8 Å². The van der Waals surface area contributed by atoms with Gasteiger partial charge in [0.25, 0.3) is 5.91 Å². The van der Waals surface area contributed by atoms with Gasteiger partial charge >= 0.3 is 6.09 Å². The number of piperidine rings is 1. The SMILES string of the molecule is Nc1nc(C#CCC2CCN(C(=O)Oc3ccc(Cl)cc3)CC2)nc2c1ncn2[C@@H]1O[C@H](C(=O)NC2CC2)[C@@H](O)[C@H]1O. The number of amides is 2. The second-order valence-electron chi connectivity index (χ2n) is 10.7. The monoisotopic (exact) mass is 595 g/mol. The summed E-state index contributed by atoms with van der Waals surface area (Å²) in [6.07, 6.45) is -0.282. The molecule has 1 aromatic carbocycles. The Morgan fingerprint density at radius 3 is 2.57 bits per heavy atom. The molecule has 6 rings (SSSR count). The van der Waals surface area contributed by atoms with E-state index in [1.807, 2.05) is 0 Å². The zero-order chi connectivity index (χ0) is 29.4. The summed E-state index contributed by atoms with van der Waals surface area (Å²) in [5.74, 6) is 6.59. The quantitative estimate of drug-likeness (QED) is 0.317. The van der Waals surface area contributed by atoms with Gasteiger partial charge in [-0.1, -0.05) is 17.5 Å². The highest BCUT2D eigenvalue weighted by atomic mass is 35.5. The molecule has 0 unspecified atom stereocenters. The molecule has 0 bridgehead atoms. The first-order valence-corrected chi connectivity index (χ1v) is 14.2. The van der Waals surface area contributed by atoms with Crippen LogP contribution in [0.5, 0.6) is 5.75 Å². The Kier molecular flexibility index (Phi) is 7.87. The second-order valence-corrected chi connectivity index (χ2v) is 11.2. The fourth-order valence-corrected chi connectivity index (χ4v) is 5.19. The smallest absolute Gasteiger partial charge is 0.410 e. The van der Waals surface area contributed by atoms with Gasteiger partial charge in [-0.05, 0) is 61.8 Å². The van der Waals surface area contributed by atoms with E-state index < -0.39 is 36.5 Å². The van der Waals surface area contributed by atoms with Crippen molar-refractivity contribution in [3.8, 4) is 17.6 Å². The summed E-state index contributed by atoms with van der Waals surface area (Å²) in [5.41, 5.74) is 6.67. The Bertz CT molecular complexity index is 1540. The first kappa shape index (κ1) is 28.2. The van der Waals surface area contributed by atoms with Gasteiger partial charge in [-0.15, -0.1) is 0 Å². The number of aliphatic hydroxyl groups excluding tert-OH is 2. The van der Waals surface area contributed by atoms with E-state index in [9.17, 15) is 19.8 Å². The molecule has 3 fully saturated rings. The Hall–Kier alpha value is -3.96. The maximum Gasteiger partial charge on any atom is 0.415 e. The lowest BCUT2D eigenvalue weighted by atomic mass is 9.94. The number of nitrogens with two attached hydrogens (primary N) is 1. The molecular weight excluding hydrogens is 566 g/mol. The highest BCUT2D eigenvalue weighted by Crippen LogP contribution is 2.33. The first-order valence-electron chi connectivity index (χ1n) is 13.8. The summed E-state index contributed by atoms with van der Waals surface area (Å²) in [6.45, 7) is 1.12. The van der Waals surface area contributed by atoms with Crippen LogP contribution in [-0.4, -0.2) is 84.1 Å². The molecule has 2 aliphatic heterocycles. The summed E-state index contributed by atoms with van der Waals surface area (Å²) in [6, 6.07) is 6.72. The number of benzene rings is 1. The van der Waals surface area contributed by atoms with Crippen LogP contribution in [0.1, 0.15) is 44.2 Å². The Morgan fingerprint density at radius 2 is 1.86 bits per heavy atom. The molecule has 220 valence electrons. The molecule has 1 saturated carbocycles. The van der Waals surface area contributed by atoms with Crippen molar-refractivity contribution in [1.29, 1.82) is 0 Å². The van der Waals surface area contributed by atoms with Gasteiger partial charge in [-0.2, -0.15) is 0 Å². The maximum atomic E-state index is 12.5. The Morgan fingerprint density at radius 1 is 1.12 bits per heavy atom. The number of hydrogen-bond acceptors (Lipinski definition) is 10. The van der Waals surface area contributed by atoms with Gasteiger partial charge in [-0.25, -0.2) is 19.7 Å². The number of ether oxygens (including phenoxy) is 2. The number of aliphatic hydroxyl groups is 2. The van der Waals surface area contributed by atoms with Crippen LogP contribution in [0.4, 0.5) is 10.6 Å². The molecule has 4 atom stereocenters. The highest BCUT2D eigenvalue weighted by molar-refractivity contribution is 6.30. The van der Waals surface area contributed by atoms with Crippen molar-refractivity contribution in [3.63, 3.8) is 0 Å². The molecule has 4 heterocycles. The van der Waals surface area contributed by atoms with Crippen molar-refractivity contribution in [1.82, 2.24) is 29.7 Å². The number of rotatable bonds is 5. The van der Waals surface area contributed by atoms with Gasteiger partial charge in [0.1, 0.15) is 23.5 Å². The Balaban J connectivity index is 1.08. The number of fused-ring (bicyclic) bond motifs is 1. The molecule has 1 aliphatic carbocycles. The van der Waals surface area contributed by atoms with E-state index in [4.69, 9.17) is 26.8 Å². The molecule has 3 aromatic rings. The minimum atomic E-state index is -1.42. The minimum absolute atomic E-state index is 0.0800. The summed E-state index contributed by atoms with van der Waals surface area (Å²) in [7, 11) is 0. The first-order chi connectivity index (χ1) is 20.3. The molecule has 2 saturated heterocycles. The summed E-state index contributed by atoms with van der Waals surface area (Å²) >= 11 is 5.88. The third-order valence-electron chi connectivity index (χ3n) is 7.63. The predicted octanol–water partition coefficient (Wildman–Crippen LogP) is 1.61. The van der Waals surface area contributed by atoms with Crippen molar-refractivity contribution in [3.05, 3.63) is 41.4 Å². The van der Waals surface area contributed by atoms with Crippen molar-refractivity contribution in [2.45, 2.75) is 62.7 Å². The molecule has 2 aromatic heterocycles. The molecule has 14 heteroatoms. The number of carbonyl (C=O) groups excluding carboxylic acids is 2. The normalized spacial score (nSPS) is 24.3. The minimum Gasteiger partial charge on any atom is -0.410 e. The van der Waals surface area contributed by atoms with Gasteiger partial charge in [0.2, 0.25) is 5.82 Å². The number of likely N-dealkylation sites (tertiary alicyclic amines) is 1. The van der Waals surface area contributed by atoms with Crippen molar-refractivity contribution in [2.24, 2.45) is 5.92 Å². The number of imidazole rings is 1. The predicted molar refractivity (Wildman–Crippen MR) is 150 cm³/mol. The van der Waals surface area contributed by atoms with Crippen molar-refractivity contribution < 1.29 is 29.3 Å². The number of nitrogen functional groups attached to an aromatic ring is 1. The van der Waals surface area contributed by atoms with Gasteiger partial charge in [0.15, 0.2) is 23.8 Å². The summed E-state index contributed by atoms with van der Waals surface area (Å²) in [5, 5.41) is 24.5. The van der Waals surface area contributed by atoms with Crippen LogP contribution < -0.4 is 15.8 Å². The molecule has 42 heavy (non-hydrogen) atoms. The van der Waals surface area contributed by atoms with E-state index in [1.54, 1.807) is 29.2 Å². The molecule has 5 N–H and O–H groups in total. The number of hydrogen-bond donors (Lipinski definition) is 4. The van der Waals surface area contributed by atoms with Crippen LogP contribution in [0.2, 0.25) is 5.02 Å². The Labute approximate surface area is 246 Å². The van der Waals surface area contributed by atoms with Crippen LogP contribution in [0.15, 0.2) is 30.6 Å². The zero-order valence-electron chi connectivity index (χ0n) is 22.5. The van der Waals surface area contributed by atoms with Crippen molar-refractivity contribution >= 4 is 40.6 Å². The van der Waals surface area contributed by atoms with E-state index in [1.165, 1.54) is 10.9 Å². The van der Waals surface area contributed by atoms with E-state index in [0.717, 1.165) is 25.7 Å². The largest absolute Gasteiger partial charge is 0.415 e. The number of nitrogens with one attached hydrogen (secondary N) is 1. The van der Waals surface area contributed by atoms with E-state index in [0.29, 0.717) is 30.3 Å². The average Bonchev–Trinajstić information content (AvgIpc) is 3.61. The number of carbonyl (C=O) groups is 2. The fourth-order valence-electron chi connectivity index (χ4n) is 5.06. The standard InChI is InChI=1S/C28H30ClN7O6/c29-16-4-8-18(9-5-16)41-28(40)35-12-10-15(11-13-35)2-1-3-19-33-24(30)20-25(34-19)36(14-31-20)27-22(38)21(37)23(42-27)26(39)32-17-6-7-17/h4-5,8-9,14-15,17,21-23,27,37-38H,2,6-7,10-13H2,(H,32,39)(H2,30,33,34)/t21-,22+,23-,27+/m0/s1. The number of aromatic nitrogens is 4. The molecular formula is C28H30ClN7O6. The van der Waals surface area contributed by atoms with E-state index in [-0.39, 0.29) is 34.8 Å². The van der Waals surface area contributed by atoms with Crippen LogP contribution >= 0.6 is 11.6 Å². The molecule has 0 spiro atoms. The third kappa shape index (κ3) is 5.98. The lowest BCUT2D eigenvalue weighted by molar-refractivity contribution is -0.137. The molecule has 3 aliphatic rings. The second kappa shape index (κ2) is 11.7. The lowest BCUT2D eigenvalue weighted by Gasteiger charge is -2.30. The van der Waals surface area contributed by atoms with Gasteiger partial charge in [0, 0.05) is 30.6 Å². The van der Waals surface area contributed by atoms with Gasteiger partial charge < -0.3 is 35.6 Å². The molecule has 0 radical (unpaired) electrons. The van der Waals surface area contributed by atoms with Gasteiger partial charge in [-0.3, -0.25) is 9.36 Å². The topological polar surface area (TPSA) is 178 Å². The lowest BCUT2D eigenvalue weighted by Crippen LogP contribution is -2.43. The zero-order valence-corrected chi connectivity index (χ0v) is 23.3. The van der Waals surface area contributed by atoms with Gasteiger partial charge in [0.05, 0.1) is 6.33 Å². The number of nitrogens with zero attached hydrogens (tertiary/aromatic N) is 5. The van der Waals surface area contributed by atoms with Crippen molar-refractivity contribution in [2.75, 3.05) is 18.8 Å². The highest BCUT2D eigenvalue weighted by Gasteiger charge is 2.48. The van der Waals surface area contributed by atoms with Crippen LogP contribution in [0.25, 0.3) is 11.2 Å². The summed E-state index contributed by atoms with van der Waals surface area (Å²) in [4.78, 5) is 39.6. The van der Waals surface area contributed by atoms with Crippen LogP contribution in [0.3, 0.4) is 0 Å². The third-order valence-corrected chi connectivity index (χ3v) is 7.88. The fraction of sp³-hybridized carbons (Fsp3) is 0.464. The maximum absolute atomic E-state index is 12.5. The molecule has 13 nitrogen and oxygen atoms in total.